The Balaban J connectivity index is 2.08. The van der Waals surface area contributed by atoms with Gasteiger partial charge in [0.05, 0.1) is 27.6 Å². The van der Waals surface area contributed by atoms with Crippen LogP contribution < -0.4 is 5.73 Å². The molecule has 0 saturated carbocycles. The van der Waals surface area contributed by atoms with Crippen molar-refractivity contribution in [2.75, 3.05) is 5.73 Å². The number of nitrogen functional groups attached to an aromatic ring is 1. The normalized spacial score (nSPS) is 11.2. The first-order valence-corrected chi connectivity index (χ1v) is 7.14. The van der Waals surface area contributed by atoms with E-state index >= 15 is 0 Å². The summed E-state index contributed by atoms with van der Waals surface area (Å²) < 4.78 is 1.17. The first kappa shape index (κ1) is 11.4. The predicted octanol–water partition coefficient (Wildman–Crippen LogP) is 4.09. The highest BCUT2D eigenvalue weighted by Crippen LogP contribution is 2.37. The molecule has 0 saturated heterocycles. The fourth-order valence-electron chi connectivity index (χ4n) is 2.37. The van der Waals surface area contributed by atoms with E-state index in [1.165, 1.54) is 4.70 Å². The van der Waals surface area contributed by atoms with Crippen LogP contribution in [-0.2, 0) is 0 Å². The molecule has 4 aromatic rings. The van der Waals surface area contributed by atoms with Gasteiger partial charge in [-0.1, -0.05) is 30.3 Å². The summed E-state index contributed by atoms with van der Waals surface area (Å²) >= 11 is 1.66. The zero-order valence-corrected chi connectivity index (χ0v) is 11.4. The minimum atomic E-state index is 0.669. The topological polar surface area (TPSA) is 51.8 Å². The summed E-state index contributed by atoms with van der Waals surface area (Å²) in [4.78, 5) is 9.08. The maximum absolute atomic E-state index is 6.14. The van der Waals surface area contributed by atoms with Crippen LogP contribution in [0.15, 0.2) is 54.7 Å². The minimum Gasteiger partial charge on any atom is -0.397 e. The van der Waals surface area contributed by atoms with Gasteiger partial charge in [-0.25, -0.2) is 4.98 Å². The van der Waals surface area contributed by atoms with Gasteiger partial charge >= 0.3 is 0 Å². The molecule has 2 N–H and O–H groups in total. The van der Waals surface area contributed by atoms with Gasteiger partial charge in [0.1, 0.15) is 5.01 Å². The summed E-state index contributed by atoms with van der Waals surface area (Å²) in [6, 6.07) is 16.1. The van der Waals surface area contributed by atoms with E-state index in [2.05, 4.69) is 11.1 Å². The molecule has 0 radical (unpaired) electrons. The Kier molecular flexibility index (Phi) is 2.44. The zero-order valence-electron chi connectivity index (χ0n) is 10.6. The molecule has 0 unspecified atom stereocenters. The molecule has 4 rings (SSSR count). The molecule has 0 fully saturated rings. The minimum absolute atomic E-state index is 0.669. The quantitative estimate of drug-likeness (QED) is 0.570. The van der Waals surface area contributed by atoms with Crippen LogP contribution in [-0.4, -0.2) is 9.97 Å². The van der Waals surface area contributed by atoms with Crippen molar-refractivity contribution in [2.24, 2.45) is 0 Å². The molecular formula is C16H11N3S. The number of benzene rings is 2. The van der Waals surface area contributed by atoms with E-state index in [1.54, 1.807) is 17.5 Å². The number of pyridine rings is 1. The molecule has 0 aliphatic heterocycles. The second-order valence-corrected chi connectivity index (χ2v) is 5.62. The molecule has 2 aromatic carbocycles. The molecule has 2 aromatic heterocycles. The Morgan fingerprint density at radius 3 is 2.50 bits per heavy atom. The van der Waals surface area contributed by atoms with E-state index in [1.807, 2.05) is 42.5 Å². The van der Waals surface area contributed by atoms with Gasteiger partial charge in [0.2, 0.25) is 0 Å². The number of hydrogen-bond acceptors (Lipinski definition) is 4. The number of thiazole rings is 1. The van der Waals surface area contributed by atoms with Gasteiger partial charge in [-0.15, -0.1) is 11.3 Å². The van der Waals surface area contributed by atoms with Crippen LogP contribution in [0.2, 0.25) is 0 Å². The molecule has 0 aliphatic carbocycles. The highest BCUT2D eigenvalue weighted by Gasteiger charge is 2.13. The first-order valence-electron chi connectivity index (χ1n) is 6.32. The van der Waals surface area contributed by atoms with Crippen molar-refractivity contribution >= 4 is 38.1 Å². The standard InChI is InChI=1S/C16H11N3S/c17-11-9-18-12-6-2-1-5-10(12)15(11)16-19-13-7-3-4-8-14(13)20-16/h1-9H,17H2. The average Bonchev–Trinajstić information content (AvgIpc) is 2.90. The van der Waals surface area contributed by atoms with Gasteiger partial charge in [0, 0.05) is 10.9 Å². The van der Waals surface area contributed by atoms with Gasteiger partial charge in [-0.3, -0.25) is 4.98 Å². The number of rotatable bonds is 1. The molecule has 20 heavy (non-hydrogen) atoms. The van der Waals surface area contributed by atoms with Crippen molar-refractivity contribution in [3.63, 3.8) is 0 Å². The van der Waals surface area contributed by atoms with Gasteiger partial charge in [0.15, 0.2) is 0 Å². The zero-order chi connectivity index (χ0) is 13.5. The van der Waals surface area contributed by atoms with Gasteiger partial charge < -0.3 is 5.73 Å². The molecule has 0 aliphatic rings. The summed E-state index contributed by atoms with van der Waals surface area (Å²) in [5, 5.41) is 1.99. The lowest BCUT2D eigenvalue weighted by Crippen LogP contribution is -1.93. The maximum Gasteiger partial charge on any atom is 0.127 e. The monoisotopic (exact) mass is 277 g/mol. The van der Waals surface area contributed by atoms with Crippen molar-refractivity contribution in [3.05, 3.63) is 54.7 Å². The summed E-state index contributed by atoms with van der Waals surface area (Å²) in [6.45, 7) is 0. The number of anilines is 1. The third-order valence-corrected chi connectivity index (χ3v) is 4.37. The van der Waals surface area contributed by atoms with E-state index < -0.39 is 0 Å². The fraction of sp³-hybridized carbons (Fsp3) is 0. The van der Waals surface area contributed by atoms with Crippen LogP contribution in [0.4, 0.5) is 5.69 Å². The van der Waals surface area contributed by atoms with Crippen LogP contribution in [0.1, 0.15) is 0 Å². The lowest BCUT2D eigenvalue weighted by molar-refractivity contribution is 1.40. The Labute approximate surface area is 119 Å². The molecule has 3 nitrogen and oxygen atoms in total. The second-order valence-electron chi connectivity index (χ2n) is 4.59. The number of para-hydroxylation sites is 2. The van der Waals surface area contributed by atoms with Crippen LogP contribution in [0, 0.1) is 0 Å². The lowest BCUT2D eigenvalue weighted by Gasteiger charge is -2.06. The van der Waals surface area contributed by atoms with Crippen LogP contribution in [0.5, 0.6) is 0 Å². The Bertz CT molecular complexity index is 894. The smallest absolute Gasteiger partial charge is 0.127 e. The fourth-order valence-corrected chi connectivity index (χ4v) is 3.42. The van der Waals surface area contributed by atoms with Crippen LogP contribution in [0.3, 0.4) is 0 Å². The number of nitrogens with two attached hydrogens (primary N) is 1. The summed E-state index contributed by atoms with van der Waals surface area (Å²) in [7, 11) is 0. The summed E-state index contributed by atoms with van der Waals surface area (Å²) in [5.74, 6) is 0. The molecule has 4 heteroatoms. The maximum atomic E-state index is 6.14. The van der Waals surface area contributed by atoms with E-state index in [0.29, 0.717) is 5.69 Å². The first-order chi connectivity index (χ1) is 9.83. The van der Waals surface area contributed by atoms with E-state index in [9.17, 15) is 0 Å². The molecule has 0 amide bonds. The van der Waals surface area contributed by atoms with Gasteiger partial charge in [-0.05, 0) is 18.2 Å². The number of nitrogens with zero attached hydrogens (tertiary/aromatic N) is 2. The largest absolute Gasteiger partial charge is 0.397 e. The lowest BCUT2D eigenvalue weighted by atomic mass is 10.1. The third-order valence-electron chi connectivity index (χ3n) is 3.31. The van der Waals surface area contributed by atoms with Crippen molar-refractivity contribution in [1.82, 2.24) is 9.97 Å². The Morgan fingerprint density at radius 1 is 0.900 bits per heavy atom. The van der Waals surface area contributed by atoms with Crippen molar-refractivity contribution < 1.29 is 0 Å². The summed E-state index contributed by atoms with van der Waals surface area (Å²) in [5.41, 5.74) is 9.74. The molecule has 0 bridgehead atoms. The van der Waals surface area contributed by atoms with Crippen LogP contribution in [0.25, 0.3) is 31.7 Å². The molecule has 2 heterocycles. The molecular weight excluding hydrogens is 266 g/mol. The number of hydrogen-bond donors (Lipinski definition) is 1. The highest BCUT2D eigenvalue weighted by molar-refractivity contribution is 7.21. The number of fused-ring (bicyclic) bond motifs is 2. The van der Waals surface area contributed by atoms with E-state index in [0.717, 1.165) is 27.0 Å². The van der Waals surface area contributed by atoms with Crippen molar-refractivity contribution in [2.45, 2.75) is 0 Å². The van der Waals surface area contributed by atoms with E-state index in [4.69, 9.17) is 10.7 Å². The molecule has 0 spiro atoms. The highest BCUT2D eigenvalue weighted by atomic mass is 32.1. The Morgan fingerprint density at radius 2 is 1.65 bits per heavy atom. The van der Waals surface area contributed by atoms with Crippen molar-refractivity contribution in [1.29, 1.82) is 0 Å². The summed E-state index contributed by atoms with van der Waals surface area (Å²) in [6.07, 6.45) is 1.71. The Hall–Kier alpha value is -2.46. The molecule has 96 valence electrons. The average molecular weight is 277 g/mol. The molecule has 0 atom stereocenters. The second kappa shape index (κ2) is 4.28. The van der Waals surface area contributed by atoms with Gasteiger partial charge in [0.25, 0.3) is 0 Å². The van der Waals surface area contributed by atoms with E-state index in [-0.39, 0.29) is 0 Å². The van der Waals surface area contributed by atoms with Crippen LogP contribution >= 0.6 is 11.3 Å². The van der Waals surface area contributed by atoms with Gasteiger partial charge in [-0.2, -0.15) is 0 Å². The number of aromatic nitrogens is 2. The van der Waals surface area contributed by atoms with Crippen molar-refractivity contribution in [3.8, 4) is 10.6 Å². The third kappa shape index (κ3) is 1.66. The predicted molar refractivity (Wildman–Crippen MR) is 84.8 cm³/mol. The SMILES string of the molecule is Nc1cnc2ccccc2c1-c1nc2ccccc2s1.